The molecule has 27 heavy (non-hydrogen) atoms. The molecular formula is C19H23FO5S2. The molecular weight excluding hydrogens is 391 g/mol. The lowest BCUT2D eigenvalue weighted by Gasteiger charge is -2.32. The number of sulfone groups is 2. The lowest BCUT2D eigenvalue weighted by Crippen LogP contribution is -2.49. The number of alkyl halides is 1. The molecule has 2 aromatic carbocycles. The first kappa shape index (κ1) is 21.5. The average molecular weight is 415 g/mol. The molecule has 0 aromatic heterocycles. The lowest BCUT2D eigenvalue weighted by molar-refractivity contribution is 0.184. The molecule has 0 amide bonds. The van der Waals surface area contributed by atoms with Gasteiger partial charge in [0.25, 0.3) is 0 Å². The number of hydrogen-bond acceptors (Lipinski definition) is 5. The van der Waals surface area contributed by atoms with E-state index in [1.807, 2.05) is 0 Å². The molecule has 0 bridgehead atoms. The van der Waals surface area contributed by atoms with Crippen molar-refractivity contribution in [2.45, 2.75) is 40.3 Å². The van der Waals surface area contributed by atoms with Gasteiger partial charge in [-0.1, -0.05) is 49.7 Å². The Morgan fingerprint density at radius 3 is 1.59 bits per heavy atom. The highest BCUT2D eigenvalue weighted by Crippen LogP contribution is 2.45. The minimum atomic E-state index is -4.92. The number of aliphatic hydroxyl groups is 1. The molecule has 148 valence electrons. The van der Waals surface area contributed by atoms with Crippen molar-refractivity contribution < 1.29 is 26.3 Å². The Bertz CT molecular complexity index is 867. The van der Waals surface area contributed by atoms with Crippen LogP contribution in [0.1, 0.15) is 26.2 Å². The first-order chi connectivity index (χ1) is 12.7. The monoisotopic (exact) mass is 414 g/mol. The molecule has 0 aliphatic rings. The van der Waals surface area contributed by atoms with E-state index in [9.17, 15) is 21.9 Å². The third kappa shape index (κ3) is 3.79. The van der Waals surface area contributed by atoms with Crippen molar-refractivity contribution in [2.24, 2.45) is 5.92 Å². The summed E-state index contributed by atoms with van der Waals surface area (Å²) in [6.07, 6.45) is 0.0720. The van der Waals surface area contributed by atoms with Crippen LogP contribution in [0.5, 0.6) is 0 Å². The minimum Gasteiger partial charge on any atom is -0.396 e. The number of hydrogen-bond donors (Lipinski definition) is 1. The largest absolute Gasteiger partial charge is 0.396 e. The minimum absolute atomic E-state index is 0.00477. The predicted octanol–water partition coefficient (Wildman–Crippen LogP) is 3.36. The fourth-order valence-electron chi connectivity index (χ4n) is 3.10. The van der Waals surface area contributed by atoms with Gasteiger partial charge in [-0.3, -0.25) is 0 Å². The molecule has 0 spiro atoms. The van der Waals surface area contributed by atoms with Crippen LogP contribution in [0.25, 0.3) is 0 Å². The van der Waals surface area contributed by atoms with Crippen molar-refractivity contribution >= 4 is 19.7 Å². The molecule has 0 saturated carbocycles. The first-order valence-corrected chi connectivity index (χ1v) is 11.6. The fourth-order valence-corrected chi connectivity index (χ4v) is 7.85. The van der Waals surface area contributed by atoms with E-state index in [2.05, 4.69) is 0 Å². The van der Waals surface area contributed by atoms with Crippen LogP contribution in [-0.4, -0.2) is 32.9 Å². The van der Waals surface area contributed by atoms with E-state index in [0.717, 1.165) is 0 Å². The van der Waals surface area contributed by atoms with Crippen molar-refractivity contribution in [3.8, 4) is 0 Å². The SMILES string of the molecule is CCC[C@H](CCO)C(F)(S(=O)(=O)c1ccccc1)S(=O)(=O)c1ccccc1. The van der Waals surface area contributed by atoms with Gasteiger partial charge in [0.05, 0.1) is 9.79 Å². The summed E-state index contributed by atoms with van der Waals surface area (Å²) in [7, 11) is -9.83. The molecule has 0 aliphatic carbocycles. The molecule has 0 fully saturated rings. The zero-order chi connectivity index (χ0) is 20.1. The Kier molecular flexibility index (Phi) is 6.77. The number of rotatable bonds is 9. The summed E-state index contributed by atoms with van der Waals surface area (Å²) in [5.41, 5.74) is 0. The Balaban J connectivity index is 2.80. The molecule has 0 saturated heterocycles. The second-order valence-electron chi connectivity index (χ2n) is 6.21. The third-order valence-corrected chi connectivity index (χ3v) is 9.68. The zero-order valence-corrected chi connectivity index (χ0v) is 16.6. The fraction of sp³-hybridized carbons (Fsp3) is 0.368. The normalized spacial score (nSPS) is 14.0. The maximum atomic E-state index is 16.5. The predicted molar refractivity (Wildman–Crippen MR) is 101 cm³/mol. The van der Waals surface area contributed by atoms with Gasteiger partial charge in [-0.05, 0) is 37.1 Å². The van der Waals surface area contributed by atoms with Crippen LogP contribution in [0.2, 0.25) is 0 Å². The van der Waals surface area contributed by atoms with Gasteiger partial charge in [0, 0.05) is 12.5 Å². The molecule has 5 nitrogen and oxygen atoms in total. The molecule has 1 N–H and O–H groups in total. The van der Waals surface area contributed by atoms with Crippen molar-refractivity contribution in [2.75, 3.05) is 6.61 Å². The Labute approximate surface area is 159 Å². The summed E-state index contributed by atoms with van der Waals surface area (Å²) in [6.45, 7) is 1.18. The zero-order valence-electron chi connectivity index (χ0n) is 15.0. The van der Waals surface area contributed by atoms with Gasteiger partial charge in [-0.25, -0.2) is 21.2 Å². The number of aliphatic hydroxyl groups excluding tert-OH is 1. The summed E-state index contributed by atoms with van der Waals surface area (Å²) < 4.78 is 65.8. The number of benzene rings is 2. The van der Waals surface area contributed by atoms with E-state index in [1.54, 1.807) is 19.1 Å². The van der Waals surface area contributed by atoms with E-state index in [0.29, 0.717) is 6.42 Å². The summed E-state index contributed by atoms with van der Waals surface area (Å²) in [4.78, 5) is -0.822. The van der Waals surface area contributed by atoms with Crippen molar-refractivity contribution in [1.29, 1.82) is 0 Å². The summed E-state index contributed by atoms with van der Waals surface area (Å²) in [5.74, 6) is -1.41. The molecule has 0 unspecified atom stereocenters. The Hall–Kier alpha value is -1.77. The van der Waals surface area contributed by atoms with E-state index in [-0.39, 0.29) is 12.8 Å². The molecule has 2 rings (SSSR count). The smallest absolute Gasteiger partial charge is 0.320 e. The maximum absolute atomic E-state index is 16.5. The highest BCUT2D eigenvalue weighted by molar-refractivity contribution is 8.10. The van der Waals surface area contributed by atoms with Gasteiger partial charge in [0.1, 0.15) is 0 Å². The van der Waals surface area contributed by atoms with E-state index >= 15 is 4.39 Å². The van der Waals surface area contributed by atoms with Crippen molar-refractivity contribution in [3.05, 3.63) is 60.7 Å². The standard InChI is InChI=1S/C19H23FO5S2/c1-2-9-16(14-15-21)19(20,26(22,23)17-10-5-3-6-11-17)27(24,25)18-12-7-4-8-13-18/h3-8,10-13,16,21H,2,9,14-15H2,1H3/t16-/m1/s1. The van der Waals surface area contributed by atoms with Crippen molar-refractivity contribution in [1.82, 2.24) is 0 Å². The maximum Gasteiger partial charge on any atom is 0.320 e. The van der Waals surface area contributed by atoms with Crippen LogP contribution in [0.3, 0.4) is 0 Å². The van der Waals surface area contributed by atoms with Gasteiger partial charge >= 0.3 is 4.33 Å². The first-order valence-electron chi connectivity index (χ1n) is 8.62. The molecule has 0 radical (unpaired) electrons. The Morgan fingerprint density at radius 1 is 0.852 bits per heavy atom. The van der Waals surface area contributed by atoms with Crippen LogP contribution >= 0.6 is 0 Å². The quantitative estimate of drug-likeness (QED) is 0.680. The summed E-state index contributed by atoms with van der Waals surface area (Å²) in [5, 5.41) is 9.34. The second-order valence-corrected chi connectivity index (χ2v) is 10.6. The van der Waals surface area contributed by atoms with Gasteiger partial charge in [0.2, 0.25) is 19.7 Å². The van der Waals surface area contributed by atoms with Crippen molar-refractivity contribution in [3.63, 3.8) is 0 Å². The lowest BCUT2D eigenvalue weighted by atomic mass is 10.0. The Morgan fingerprint density at radius 2 is 1.26 bits per heavy atom. The van der Waals surface area contributed by atoms with Gasteiger partial charge < -0.3 is 5.11 Å². The van der Waals surface area contributed by atoms with Crippen LogP contribution in [0.15, 0.2) is 70.5 Å². The van der Waals surface area contributed by atoms with E-state index < -0.39 is 46.3 Å². The second kappa shape index (κ2) is 8.50. The summed E-state index contributed by atoms with van der Waals surface area (Å²) >= 11 is 0. The van der Waals surface area contributed by atoms with Gasteiger partial charge in [-0.2, -0.15) is 0 Å². The topological polar surface area (TPSA) is 88.5 Å². The molecule has 1 atom stereocenters. The highest BCUT2D eigenvalue weighted by atomic mass is 32.3. The average Bonchev–Trinajstić information content (AvgIpc) is 2.68. The van der Waals surface area contributed by atoms with Gasteiger partial charge in [-0.15, -0.1) is 0 Å². The third-order valence-electron chi connectivity index (χ3n) is 4.44. The van der Waals surface area contributed by atoms with E-state index in [4.69, 9.17) is 0 Å². The van der Waals surface area contributed by atoms with Gasteiger partial charge in [0.15, 0.2) is 0 Å². The van der Waals surface area contributed by atoms with Crippen LogP contribution < -0.4 is 0 Å². The molecule has 8 heteroatoms. The number of halogens is 1. The van der Waals surface area contributed by atoms with E-state index in [1.165, 1.54) is 48.5 Å². The van der Waals surface area contributed by atoms with Crippen LogP contribution in [-0.2, 0) is 19.7 Å². The highest BCUT2D eigenvalue weighted by Gasteiger charge is 2.61. The summed E-state index contributed by atoms with van der Waals surface area (Å²) in [6, 6.07) is 13.4. The molecule has 2 aromatic rings. The van der Waals surface area contributed by atoms with Crippen LogP contribution in [0.4, 0.5) is 4.39 Å². The molecule has 0 aliphatic heterocycles. The molecule has 0 heterocycles. The van der Waals surface area contributed by atoms with Crippen LogP contribution in [0, 0.1) is 5.92 Å².